The van der Waals surface area contributed by atoms with Crippen molar-refractivity contribution in [2.75, 3.05) is 0 Å². The zero-order valence-electron chi connectivity index (χ0n) is 14.3. The van der Waals surface area contributed by atoms with E-state index in [0.717, 1.165) is 0 Å². The topological polar surface area (TPSA) is 113 Å². The minimum atomic E-state index is -1.14. The molecule has 0 aromatic rings. The molecule has 1 amide bonds. The molecule has 0 aromatic heterocycles. The Labute approximate surface area is 139 Å². The third-order valence-corrected chi connectivity index (χ3v) is 4.14. The molecule has 3 saturated heterocycles. The molecule has 0 saturated carbocycles. The summed E-state index contributed by atoms with van der Waals surface area (Å²) in [6.45, 7) is 8.32. The molecule has 3 fully saturated rings. The molecule has 3 rings (SSSR count). The van der Waals surface area contributed by atoms with E-state index < -0.39 is 60.2 Å². The monoisotopic (exact) mass is 345 g/mol. The predicted molar refractivity (Wildman–Crippen MR) is 77.8 cm³/mol. The van der Waals surface area contributed by atoms with Gasteiger partial charge >= 0.3 is 5.97 Å². The van der Waals surface area contributed by atoms with E-state index >= 15 is 0 Å². The number of nitrogens with one attached hydrogen (secondary N) is 1. The Morgan fingerprint density at radius 2 is 1.50 bits per heavy atom. The predicted octanol–water partition coefficient (Wildman–Crippen LogP) is -0.0278. The van der Waals surface area contributed by atoms with Crippen LogP contribution in [-0.4, -0.2) is 65.3 Å². The number of hydrogen-bond donors (Lipinski definition) is 2. The van der Waals surface area contributed by atoms with E-state index in [1.165, 1.54) is 6.92 Å². The Kier molecular flexibility index (Phi) is 4.12. The van der Waals surface area contributed by atoms with Crippen LogP contribution in [0.2, 0.25) is 0 Å². The summed E-state index contributed by atoms with van der Waals surface area (Å²) in [5.41, 5.74) is 0. The number of carbonyl (C=O) groups is 2. The fourth-order valence-electron chi connectivity index (χ4n) is 3.18. The zero-order valence-corrected chi connectivity index (χ0v) is 14.3. The van der Waals surface area contributed by atoms with Crippen molar-refractivity contribution in [1.29, 1.82) is 0 Å². The molecule has 3 aliphatic heterocycles. The lowest BCUT2D eigenvalue weighted by molar-refractivity contribution is -0.231. The van der Waals surface area contributed by atoms with Gasteiger partial charge in [0.25, 0.3) is 5.91 Å². The molecule has 6 atom stereocenters. The summed E-state index contributed by atoms with van der Waals surface area (Å²) < 4.78 is 29.0. The number of ether oxygens (including phenoxy) is 5. The Balaban J connectivity index is 1.82. The van der Waals surface area contributed by atoms with Gasteiger partial charge in [0.05, 0.1) is 0 Å². The number of carboxylic acid groups (broad SMARTS) is 1. The van der Waals surface area contributed by atoms with Gasteiger partial charge in [-0.3, -0.25) is 9.59 Å². The van der Waals surface area contributed by atoms with Gasteiger partial charge in [0, 0.05) is 0 Å². The highest BCUT2D eigenvalue weighted by molar-refractivity contribution is 5.86. The van der Waals surface area contributed by atoms with Crippen molar-refractivity contribution < 1.29 is 38.4 Å². The van der Waals surface area contributed by atoms with Crippen LogP contribution in [0.4, 0.5) is 0 Å². The molecule has 3 heterocycles. The van der Waals surface area contributed by atoms with Crippen molar-refractivity contribution in [3.63, 3.8) is 0 Å². The standard InChI is InChI=1S/C15H23NO8/c1-6(12(18)19)16-11(17)9-7-8(22-14(2,3)21-7)10-13(20-9)24-15(4,5)23-10/h6-10,13H,1-5H3,(H,16,17)(H,18,19)/t6-,7-,8-,9+,10+,13+/m0/s1. The van der Waals surface area contributed by atoms with Crippen LogP contribution in [-0.2, 0) is 33.3 Å². The number of carbonyl (C=O) groups excluding carboxylic acids is 1. The van der Waals surface area contributed by atoms with E-state index in [4.69, 9.17) is 28.8 Å². The van der Waals surface area contributed by atoms with E-state index in [1.807, 2.05) is 0 Å². The molecule has 0 bridgehead atoms. The average Bonchev–Trinajstić information content (AvgIpc) is 2.91. The van der Waals surface area contributed by atoms with Gasteiger partial charge in [0.2, 0.25) is 0 Å². The van der Waals surface area contributed by atoms with Gasteiger partial charge in [-0.2, -0.15) is 0 Å². The van der Waals surface area contributed by atoms with E-state index in [0.29, 0.717) is 0 Å². The quantitative estimate of drug-likeness (QED) is 0.733. The highest BCUT2D eigenvalue weighted by Crippen LogP contribution is 2.44. The second kappa shape index (κ2) is 5.63. The van der Waals surface area contributed by atoms with Crippen LogP contribution in [0.25, 0.3) is 0 Å². The minimum absolute atomic E-state index is 0.535. The Morgan fingerprint density at radius 1 is 0.958 bits per heavy atom. The molecule has 9 nitrogen and oxygen atoms in total. The van der Waals surface area contributed by atoms with Crippen molar-refractivity contribution in [3.05, 3.63) is 0 Å². The summed E-state index contributed by atoms with van der Waals surface area (Å²) in [6.07, 6.45) is -3.67. The second-order valence-corrected chi connectivity index (χ2v) is 7.16. The molecular weight excluding hydrogens is 322 g/mol. The number of rotatable bonds is 3. The first kappa shape index (κ1) is 17.6. The van der Waals surface area contributed by atoms with Gasteiger partial charge < -0.3 is 34.1 Å². The number of aliphatic carboxylic acids is 1. The molecule has 0 aliphatic carbocycles. The van der Waals surface area contributed by atoms with Gasteiger partial charge in [-0.15, -0.1) is 0 Å². The molecule has 136 valence electrons. The maximum atomic E-state index is 12.5. The van der Waals surface area contributed by atoms with Gasteiger partial charge in [-0.1, -0.05) is 0 Å². The summed E-state index contributed by atoms with van der Waals surface area (Å²) in [5.74, 6) is -3.52. The van der Waals surface area contributed by atoms with Crippen LogP contribution in [0.1, 0.15) is 34.6 Å². The fourth-order valence-corrected chi connectivity index (χ4v) is 3.18. The van der Waals surface area contributed by atoms with Crippen molar-refractivity contribution >= 4 is 11.9 Å². The molecule has 9 heteroatoms. The van der Waals surface area contributed by atoms with Crippen LogP contribution < -0.4 is 5.32 Å². The minimum Gasteiger partial charge on any atom is -0.480 e. The zero-order chi connectivity index (χ0) is 17.9. The summed E-state index contributed by atoms with van der Waals surface area (Å²) >= 11 is 0. The van der Waals surface area contributed by atoms with E-state index in [1.54, 1.807) is 27.7 Å². The van der Waals surface area contributed by atoms with Gasteiger partial charge in [0.15, 0.2) is 24.0 Å². The smallest absolute Gasteiger partial charge is 0.325 e. The molecule has 0 unspecified atom stereocenters. The van der Waals surface area contributed by atoms with Crippen molar-refractivity contribution in [2.24, 2.45) is 0 Å². The molecule has 24 heavy (non-hydrogen) atoms. The average molecular weight is 345 g/mol. The van der Waals surface area contributed by atoms with Gasteiger partial charge in [-0.05, 0) is 34.6 Å². The molecule has 0 aromatic carbocycles. The van der Waals surface area contributed by atoms with E-state index in [2.05, 4.69) is 5.32 Å². The molecule has 2 N–H and O–H groups in total. The molecule has 3 aliphatic rings. The van der Waals surface area contributed by atoms with Crippen LogP contribution in [0.15, 0.2) is 0 Å². The van der Waals surface area contributed by atoms with Crippen LogP contribution in [0.5, 0.6) is 0 Å². The first-order valence-corrected chi connectivity index (χ1v) is 7.89. The van der Waals surface area contributed by atoms with Crippen molar-refractivity contribution in [1.82, 2.24) is 5.32 Å². The van der Waals surface area contributed by atoms with E-state index in [-0.39, 0.29) is 0 Å². The van der Waals surface area contributed by atoms with Crippen molar-refractivity contribution in [3.8, 4) is 0 Å². The van der Waals surface area contributed by atoms with Gasteiger partial charge in [0.1, 0.15) is 24.4 Å². The molecular formula is C15H23NO8. The lowest BCUT2D eigenvalue weighted by atomic mass is 9.98. The molecule has 0 radical (unpaired) electrons. The molecule has 0 spiro atoms. The highest BCUT2D eigenvalue weighted by Gasteiger charge is 2.62. The lowest BCUT2D eigenvalue weighted by Crippen LogP contribution is -2.60. The third-order valence-electron chi connectivity index (χ3n) is 4.14. The highest BCUT2D eigenvalue weighted by atomic mass is 16.9. The van der Waals surface area contributed by atoms with Crippen molar-refractivity contribution in [2.45, 2.75) is 82.9 Å². The largest absolute Gasteiger partial charge is 0.480 e. The first-order valence-electron chi connectivity index (χ1n) is 7.89. The van der Waals surface area contributed by atoms with Crippen LogP contribution in [0, 0.1) is 0 Å². The SMILES string of the molecule is C[C@H](NC(=O)[C@@H]1O[C@@H]2OC(C)(C)O[C@@H]2[C@H]2OC(C)(C)O[C@@H]21)C(=O)O. The number of amides is 1. The summed E-state index contributed by atoms with van der Waals surface area (Å²) in [7, 11) is 0. The van der Waals surface area contributed by atoms with Gasteiger partial charge in [-0.25, -0.2) is 0 Å². The maximum Gasteiger partial charge on any atom is 0.325 e. The Bertz CT molecular complexity index is 548. The first-order chi connectivity index (χ1) is 11.0. The number of carboxylic acids is 1. The summed E-state index contributed by atoms with van der Waals surface area (Å²) in [6, 6.07) is -1.05. The van der Waals surface area contributed by atoms with Crippen LogP contribution >= 0.6 is 0 Å². The normalized spacial score (nSPS) is 40.5. The van der Waals surface area contributed by atoms with E-state index in [9.17, 15) is 9.59 Å². The maximum absolute atomic E-state index is 12.5. The number of hydrogen-bond acceptors (Lipinski definition) is 7. The van der Waals surface area contributed by atoms with Crippen LogP contribution in [0.3, 0.4) is 0 Å². The summed E-state index contributed by atoms with van der Waals surface area (Å²) in [5, 5.41) is 11.4. The number of fused-ring (bicyclic) bond motifs is 3. The third kappa shape index (κ3) is 3.14. The fraction of sp³-hybridized carbons (Fsp3) is 0.867. The second-order valence-electron chi connectivity index (χ2n) is 7.16. The Morgan fingerprint density at radius 3 is 2.12 bits per heavy atom. The summed E-state index contributed by atoms with van der Waals surface area (Å²) in [4.78, 5) is 23.4. The Hall–Kier alpha value is -1.26. The lowest BCUT2D eigenvalue weighted by Gasteiger charge is -2.36.